The SMILES string of the molecule is C=Cc1ccc(C(=O)C(C)(C)NC(=O)c2c(F)cccc2F)cc1.CC(C)(C)OC(=O)/C=C/c1ccc(C(=O)C(C)(C)NC(=O)c2c(F)cccc2F)cc1. The highest BCUT2D eigenvalue weighted by molar-refractivity contribution is 6.07. The van der Waals surface area contributed by atoms with Gasteiger partial charge in [0.1, 0.15) is 40.0 Å². The lowest BCUT2D eigenvalue weighted by Gasteiger charge is -2.25. The lowest BCUT2D eigenvalue weighted by Crippen LogP contribution is -2.50. The number of Topliss-reactive ketones (excluding diaryl/α,β-unsaturated/α-hetero) is 2. The molecular weight excluding hydrogens is 716 g/mol. The van der Waals surface area contributed by atoms with Gasteiger partial charge in [-0.05, 0) is 89.9 Å². The molecule has 0 heterocycles. The predicted octanol–water partition coefficient (Wildman–Crippen LogP) is 8.71. The number of benzene rings is 4. The quantitative estimate of drug-likeness (QED) is 0.0684. The second-order valence-corrected chi connectivity index (χ2v) is 14.3. The third kappa shape index (κ3) is 11.9. The fourth-order valence-electron chi connectivity index (χ4n) is 4.97. The summed E-state index contributed by atoms with van der Waals surface area (Å²) in [6.07, 6.45) is 4.48. The van der Waals surface area contributed by atoms with Crippen molar-refractivity contribution in [3.63, 3.8) is 0 Å². The molecule has 0 aromatic heterocycles. The third-order valence-electron chi connectivity index (χ3n) is 7.77. The maximum atomic E-state index is 13.8. The second kappa shape index (κ2) is 17.8. The molecule has 0 aliphatic rings. The summed E-state index contributed by atoms with van der Waals surface area (Å²) in [6, 6.07) is 19.2. The molecule has 4 aromatic rings. The third-order valence-corrected chi connectivity index (χ3v) is 7.77. The highest BCUT2D eigenvalue weighted by atomic mass is 19.1. The Morgan fingerprint density at radius 1 is 0.564 bits per heavy atom. The molecule has 2 amide bonds. The molecule has 0 fully saturated rings. The number of hydrogen-bond acceptors (Lipinski definition) is 6. The van der Waals surface area contributed by atoms with Gasteiger partial charge in [0, 0.05) is 17.2 Å². The fraction of sp³-hybridized carbons (Fsp3) is 0.233. The summed E-state index contributed by atoms with van der Waals surface area (Å²) in [7, 11) is 0. The summed E-state index contributed by atoms with van der Waals surface area (Å²) >= 11 is 0. The summed E-state index contributed by atoms with van der Waals surface area (Å²) in [4.78, 5) is 61.7. The van der Waals surface area contributed by atoms with Crippen molar-refractivity contribution in [1.82, 2.24) is 10.6 Å². The van der Waals surface area contributed by atoms with Gasteiger partial charge in [-0.3, -0.25) is 19.2 Å². The monoisotopic (exact) mass is 758 g/mol. The van der Waals surface area contributed by atoms with E-state index in [0.29, 0.717) is 11.1 Å². The average Bonchev–Trinajstić information content (AvgIpc) is 3.09. The molecule has 12 heteroatoms. The Balaban J connectivity index is 0.000000305. The molecule has 4 rings (SSSR count). The Kier molecular flexibility index (Phi) is 14.0. The van der Waals surface area contributed by atoms with E-state index < -0.39 is 74.6 Å². The molecule has 0 bridgehead atoms. The maximum Gasteiger partial charge on any atom is 0.331 e. The van der Waals surface area contributed by atoms with E-state index in [9.17, 15) is 41.5 Å². The first kappa shape index (κ1) is 43.2. The Morgan fingerprint density at radius 2 is 0.909 bits per heavy atom. The zero-order valence-electron chi connectivity index (χ0n) is 31.5. The summed E-state index contributed by atoms with van der Waals surface area (Å²) in [5.74, 6) is -7.29. The number of carbonyl (C=O) groups excluding carboxylic acids is 5. The zero-order valence-corrected chi connectivity index (χ0v) is 31.5. The van der Waals surface area contributed by atoms with Crippen LogP contribution in [0.3, 0.4) is 0 Å². The average molecular weight is 759 g/mol. The van der Waals surface area contributed by atoms with Crippen LogP contribution >= 0.6 is 0 Å². The molecule has 2 N–H and O–H groups in total. The van der Waals surface area contributed by atoms with Crippen molar-refractivity contribution in [2.24, 2.45) is 0 Å². The summed E-state index contributed by atoms with van der Waals surface area (Å²) in [5.41, 5.74) is -2.62. The van der Waals surface area contributed by atoms with E-state index in [1.54, 1.807) is 69.3 Å². The number of amides is 2. The van der Waals surface area contributed by atoms with Crippen molar-refractivity contribution >= 4 is 41.5 Å². The molecular formula is C43H42F4N2O6. The Morgan fingerprint density at radius 3 is 1.24 bits per heavy atom. The second-order valence-electron chi connectivity index (χ2n) is 14.3. The van der Waals surface area contributed by atoms with Gasteiger partial charge in [0.15, 0.2) is 11.6 Å². The fourth-order valence-corrected chi connectivity index (χ4v) is 4.97. The van der Waals surface area contributed by atoms with E-state index in [-0.39, 0.29) is 11.3 Å². The first-order valence-corrected chi connectivity index (χ1v) is 16.9. The van der Waals surface area contributed by atoms with Crippen LogP contribution in [0.1, 0.15) is 101 Å². The van der Waals surface area contributed by atoms with Crippen molar-refractivity contribution in [2.75, 3.05) is 0 Å². The molecule has 0 saturated heterocycles. The van der Waals surface area contributed by atoms with Crippen LogP contribution in [0, 0.1) is 23.3 Å². The van der Waals surface area contributed by atoms with Crippen LogP contribution in [0.15, 0.2) is 97.6 Å². The number of rotatable bonds is 11. The molecule has 0 unspecified atom stereocenters. The molecule has 4 aromatic carbocycles. The summed E-state index contributed by atoms with van der Waals surface area (Å²) in [6.45, 7) is 14.8. The lowest BCUT2D eigenvalue weighted by atomic mass is 9.92. The van der Waals surface area contributed by atoms with E-state index in [0.717, 1.165) is 35.9 Å². The molecule has 0 spiro atoms. The molecule has 0 saturated carbocycles. The largest absolute Gasteiger partial charge is 0.457 e. The highest BCUT2D eigenvalue weighted by Gasteiger charge is 2.33. The van der Waals surface area contributed by atoms with E-state index in [1.807, 2.05) is 0 Å². The molecule has 0 radical (unpaired) electrons. The number of carbonyl (C=O) groups is 5. The Labute approximate surface area is 317 Å². The molecule has 0 aliphatic heterocycles. The smallest absolute Gasteiger partial charge is 0.331 e. The normalized spacial score (nSPS) is 11.5. The Hall–Kier alpha value is -6.17. The number of ketones is 2. The lowest BCUT2D eigenvalue weighted by molar-refractivity contribution is -0.148. The van der Waals surface area contributed by atoms with E-state index in [4.69, 9.17) is 4.74 Å². The van der Waals surface area contributed by atoms with Crippen molar-refractivity contribution < 1.29 is 46.3 Å². The van der Waals surface area contributed by atoms with Crippen LogP contribution in [-0.2, 0) is 9.53 Å². The van der Waals surface area contributed by atoms with Gasteiger partial charge in [-0.25, -0.2) is 22.4 Å². The number of halogens is 4. The van der Waals surface area contributed by atoms with Gasteiger partial charge < -0.3 is 15.4 Å². The van der Waals surface area contributed by atoms with E-state index >= 15 is 0 Å². The van der Waals surface area contributed by atoms with Gasteiger partial charge in [-0.2, -0.15) is 0 Å². The van der Waals surface area contributed by atoms with Gasteiger partial charge in [-0.1, -0.05) is 73.3 Å². The highest BCUT2D eigenvalue weighted by Crippen LogP contribution is 2.20. The van der Waals surface area contributed by atoms with E-state index in [1.165, 1.54) is 52.0 Å². The van der Waals surface area contributed by atoms with Gasteiger partial charge in [0.2, 0.25) is 0 Å². The van der Waals surface area contributed by atoms with Crippen LogP contribution in [-0.4, -0.2) is 46.0 Å². The number of hydrogen-bond donors (Lipinski definition) is 2. The first-order chi connectivity index (χ1) is 25.6. The van der Waals surface area contributed by atoms with Crippen molar-refractivity contribution in [3.8, 4) is 0 Å². The van der Waals surface area contributed by atoms with Crippen LogP contribution in [0.5, 0.6) is 0 Å². The maximum absolute atomic E-state index is 13.8. The van der Waals surface area contributed by atoms with Crippen molar-refractivity contribution in [3.05, 3.63) is 154 Å². The molecule has 55 heavy (non-hydrogen) atoms. The number of nitrogens with one attached hydrogen (secondary N) is 2. The first-order valence-electron chi connectivity index (χ1n) is 16.9. The summed E-state index contributed by atoms with van der Waals surface area (Å²) < 4.78 is 60.2. The molecule has 288 valence electrons. The van der Waals surface area contributed by atoms with Crippen LogP contribution in [0.4, 0.5) is 17.6 Å². The van der Waals surface area contributed by atoms with E-state index in [2.05, 4.69) is 17.2 Å². The minimum absolute atomic E-state index is 0.286. The van der Waals surface area contributed by atoms with Crippen LogP contribution in [0.25, 0.3) is 12.2 Å². The Bertz CT molecular complexity index is 2080. The predicted molar refractivity (Wildman–Crippen MR) is 202 cm³/mol. The molecule has 0 atom stereocenters. The number of esters is 1. The topological polar surface area (TPSA) is 119 Å². The standard InChI is InChI=1S/C24H25F2NO4.C19H17F2NO2/c1-23(2,3)31-19(28)14-11-15-9-12-16(13-10-15)21(29)24(4,5)27-22(30)20-17(25)7-6-8-18(20)26;1-4-12-8-10-13(11-9-12)17(23)19(2,3)22-18(24)16-14(20)6-5-7-15(16)21/h6-14H,1-5H3,(H,27,30);4-11H,1H2,2-3H3,(H,22,24)/b14-11+;. The minimum Gasteiger partial charge on any atom is -0.457 e. The molecule has 0 aliphatic carbocycles. The van der Waals surface area contributed by atoms with Gasteiger partial charge in [0.25, 0.3) is 11.8 Å². The van der Waals surface area contributed by atoms with Gasteiger partial charge >= 0.3 is 5.97 Å². The van der Waals surface area contributed by atoms with Gasteiger partial charge in [-0.15, -0.1) is 0 Å². The number of ether oxygens (including phenoxy) is 1. The van der Waals surface area contributed by atoms with Gasteiger partial charge in [0.05, 0.1) is 11.1 Å². The van der Waals surface area contributed by atoms with Crippen LogP contribution in [0.2, 0.25) is 0 Å². The van der Waals surface area contributed by atoms with Crippen molar-refractivity contribution in [1.29, 1.82) is 0 Å². The summed E-state index contributed by atoms with van der Waals surface area (Å²) in [5, 5.41) is 4.78. The zero-order chi connectivity index (χ0) is 41.3. The van der Waals surface area contributed by atoms with Crippen LogP contribution < -0.4 is 10.6 Å². The minimum atomic E-state index is -1.42. The molecule has 8 nitrogen and oxygen atoms in total. The van der Waals surface area contributed by atoms with Crippen molar-refractivity contribution in [2.45, 2.75) is 65.1 Å².